The molecule has 4 aromatic rings. The smallest absolute Gasteiger partial charge is 0.248 e. The van der Waals surface area contributed by atoms with Gasteiger partial charge in [0.1, 0.15) is 0 Å². The first kappa shape index (κ1) is 24.7. The number of hydrogen-bond donors (Lipinski definition) is 2. The molecule has 0 saturated carbocycles. The van der Waals surface area contributed by atoms with Crippen LogP contribution in [0.25, 0.3) is 23.3 Å². The Hall–Kier alpha value is -4.41. The highest BCUT2D eigenvalue weighted by atomic mass is 35.5. The van der Waals surface area contributed by atoms with Gasteiger partial charge >= 0.3 is 0 Å². The summed E-state index contributed by atoms with van der Waals surface area (Å²) in [5.41, 5.74) is 12.4. The minimum absolute atomic E-state index is 0.109. The third-order valence-corrected chi connectivity index (χ3v) is 5.96. The Morgan fingerprint density at radius 2 is 1.56 bits per heavy atom. The van der Waals surface area contributed by atoms with Crippen LogP contribution in [0.5, 0.6) is 0 Å². The van der Waals surface area contributed by atoms with Gasteiger partial charge in [-0.05, 0) is 71.7 Å². The van der Waals surface area contributed by atoms with Crippen molar-refractivity contribution in [2.24, 2.45) is 0 Å². The summed E-state index contributed by atoms with van der Waals surface area (Å²) in [6.07, 6.45) is 6.28. The van der Waals surface area contributed by atoms with E-state index >= 15 is 0 Å². The van der Waals surface area contributed by atoms with Crippen LogP contribution in [-0.4, -0.2) is 11.7 Å². The summed E-state index contributed by atoms with van der Waals surface area (Å²) in [6.45, 7) is 1.97. The Morgan fingerprint density at radius 3 is 2.28 bits per heavy atom. The van der Waals surface area contributed by atoms with Crippen LogP contribution in [0.2, 0.25) is 5.02 Å². The number of nitrogens with two attached hydrogens (primary N) is 1. The fourth-order valence-electron chi connectivity index (χ4n) is 3.61. The van der Waals surface area contributed by atoms with E-state index in [1.165, 1.54) is 12.2 Å². The number of hydrogen-bond acceptors (Lipinski definition) is 3. The van der Waals surface area contributed by atoms with Gasteiger partial charge in [-0.3, -0.25) is 9.59 Å². The molecule has 0 atom stereocenters. The summed E-state index contributed by atoms with van der Waals surface area (Å²) in [6, 6.07) is 28.2. The maximum atomic E-state index is 12.5. The van der Waals surface area contributed by atoms with Crippen molar-refractivity contribution >= 4 is 46.8 Å². The highest BCUT2D eigenvalue weighted by Gasteiger charge is 2.06. The SMILES string of the molecule is Cc1ccc(C(=O)/C=C/c2cc(/C=C/C(=O)Nc3ccc(-c4ccccc4)cc3N)ccc2Cl)cc1. The Labute approximate surface area is 215 Å². The molecule has 0 aromatic heterocycles. The van der Waals surface area contributed by atoms with Crippen molar-refractivity contribution in [2.75, 3.05) is 11.1 Å². The molecule has 0 radical (unpaired) electrons. The van der Waals surface area contributed by atoms with Gasteiger partial charge in [-0.1, -0.05) is 83.9 Å². The fourth-order valence-corrected chi connectivity index (χ4v) is 3.79. The number of amides is 1. The molecule has 0 aliphatic rings. The number of aryl methyl sites for hydroxylation is 1. The molecule has 1 amide bonds. The number of ketones is 1. The quantitative estimate of drug-likeness (QED) is 0.160. The van der Waals surface area contributed by atoms with Crippen LogP contribution in [0, 0.1) is 6.92 Å². The van der Waals surface area contributed by atoms with E-state index < -0.39 is 0 Å². The van der Waals surface area contributed by atoms with Gasteiger partial charge in [0.05, 0.1) is 11.4 Å². The number of benzene rings is 4. The normalized spacial score (nSPS) is 11.2. The van der Waals surface area contributed by atoms with Gasteiger partial charge in [-0.2, -0.15) is 0 Å². The largest absolute Gasteiger partial charge is 0.397 e. The van der Waals surface area contributed by atoms with E-state index in [1.54, 1.807) is 42.5 Å². The Kier molecular flexibility index (Phi) is 7.79. The van der Waals surface area contributed by atoms with Gasteiger partial charge in [0.2, 0.25) is 5.91 Å². The van der Waals surface area contributed by atoms with Crippen LogP contribution in [0.4, 0.5) is 11.4 Å². The van der Waals surface area contributed by atoms with Crippen molar-refractivity contribution in [1.29, 1.82) is 0 Å². The Balaban J connectivity index is 1.42. The van der Waals surface area contributed by atoms with Crippen molar-refractivity contribution in [1.82, 2.24) is 0 Å². The predicted octanol–water partition coefficient (Wildman–Crippen LogP) is 7.45. The molecule has 4 rings (SSSR count). The second-order valence-electron chi connectivity index (χ2n) is 8.34. The minimum atomic E-state index is -0.309. The van der Waals surface area contributed by atoms with Crippen LogP contribution in [-0.2, 0) is 4.79 Å². The van der Waals surface area contributed by atoms with Crippen molar-refractivity contribution in [3.05, 3.63) is 130 Å². The van der Waals surface area contributed by atoms with E-state index in [1.807, 2.05) is 67.6 Å². The topological polar surface area (TPSA) is 72.2 Å². The van der Waals surface area contributed by atoms with E-state index in [9.17, 15) is 9.59 Å². The average Bonchev–Trinajstić information content (AvgIpc) is 2.89. The summed E-state index contributed by atoms with van der Waals surface area (Å²) >= 11 is 6.31. The lowest BCUT2D eigenvalue weighted by atomic mass is 10.0. The zero-order valence-electron chi connectivity index (χ0n) is 19.7. The first-order valence-corrected chi connectivity index (χ1v) is 11.8. The molecule has 0 heterocycles. The summed E-state index contributed by atoms with van der Waals surface area (Å²) in [5, 5.41) is 3.32. The summed E-state index contributed by atoms with van der Waals surface area (Å²) in [7, 11) is 0. The third kappa shape index (κ3) is 6.38. The van der Waals surface area contributed by atoms with Crippen LogP contribution in [0.1, 0.15) is 27.0 Å². The summed E-state index contributed by atoms with van der Waals surface area (Å²) < 4.78 is 0. The number of anilines is 2. The molecule has 178 valence electrons. The van der Waals surface area contributed by atoms with Gasteiger partial charge in [-0.15, -0.1) is 0 Å². The molecule has 4 nitrogen and oxygen atoms in total. The van der Waals surface area contributed by atoms with Gasteiger partial charge in [0.15, 0.2) is 5.78 Å². The molecule has 0 saturated heterocycles. The lowest BCUT2D eigenvalue weighted by Crippen LogP contribution is -2.09. The summed E-state index contributed by atoms with van der Waals surface area (Å²) in [5.74, 6) is -0.419. The molecule has 5 heteroatoms. The van der Waals surface area contributed by atoms with Gasteiger partial charge in [-0.25, -0.2) is 0 Å². The molecule has 0 unspecified atom stereocenters. The molecule has 36 heavy (non-hydrogen) atoms. The Morgan fingerprint density at radius 1 is 0.806 bits per heavy atom. The number of rotatable bonds is 7. The van der Waals surface area contributed by atoms with Crippen molar-refractivity contribution < 1.29 is 9.59 Å². The number of carbonyl (C=O) groups excluding carboxylic acids is 2. The molecule has 0 fully saturated rings. The van der Waals surface area contributed by atoms with Crippen LogP contribution >= 0.6 is 11.6 Å². The van der Waals surface area contributed by atoms with Gasteiger partial charge in [0, 0.05) is 16.7 Å². The highest BCUT2D eigenvalue weighted by Crippen LogP contribution is 2.27. The zero-order chi connectivity index (χ0) is 25.5. The predicted molar refractivity (Wildman–Crippen MR) is 150 cm³/mol. The fraction of sp³-hybridized carbons (Fsp3) is 0.0323. The Bertz CT molecular complexity index is 1460. The maximum Gasteiger partial charge on any atom is 0.248 e. The molecule has 3 N–H and O–H groups in total. The van der Waals surface area contributed by atoms with Crippen LogP contribution in [0.15, 0.2) is 103 Å². The lowest BCUT2D eigenvalue weighted by molar-refractivity contribution is -0.111. The monoisotopic (exact) mass is 492 g/mol. The molecule has 0 bridgehead atoms. The second-order valence-corrected chi connectivity index (χ2v) is 8.74. The molecule has 0 spiro atoms. The van der Waals surface area contributed by atoms with Crippen LogP contribution < -0.4 is 11.1 Å². The van der Waals surface area contributed by atoms with E-state index in [4.69, 9.17) is 17.3 Å². The standard InChI is InChI=1S/C31H25ClN2O2/c1-21-7-11-24(12-8-21)30(35)17-14-26-19-22(9-15-27(26)32)10-18-31(36)34-29-16-13-25(20-28(29)33)23-5-3-2-4-6-23/h2-20H,33H2,1H3,(H,34,36)/b17-14+,18-10+. The van der Waals surface area contributed by atoms with Crippen molar-refractivity contribution in [2.45, 2.75) is 6.92 Å². The van der Waals surface area contributed by atoms with Gasteiger partial charge in [0.25, 0.3) is 0 Å². The number of nitrogen functional groups attached to an aromatic ring is 1. The summed E-state index contributed by atoms with van der Waals surface area (Å²) in [4.78, 5) is 24.9. The number of carbonyl (C=O) groups is 2. The second kappa shape index (κ2) is 11.3. The van der Waals surface area contributed by atoms with E-state index in [0.29, 0.717) is 27.5 Å². The number of halogens is 1. The molecular formula is C31H25ClN2O2. The highest BCUT2D eigenvalue weighted by molar-refractivity contribution is 6.32. The maximum absolute atomic E-state index is 12.5. The van der Waals surface area contributed by atoms with Crippen molar-refractivity contribution in [3.8, 4) is 11.1 Å². The molecular weight excluding hydrogens is 468 g/mol. The van der Waals surface area contributed by atoms with Gasteiger partial charge < -0.3 is 11.1 Å². The van der Waals surface area contributed by atoms with E-state index in [2.05, 4.69) is 5.32 Å². The molecule has 0 aliphatic heterocycles. The average molecular weight is 493 g/mol. The zero-order valence-corrected chi connectivity index (χ0v) is 20.5. The molecule has 4 aromatic carbocycles. The minimum Gasteiger partial charge on any atom is -0.397 e. The van der Waals surface area contributed by atoms with E-state index in [-0.39, 0.29) is 11.7 Å². The van der Waals surface area contributed by atoms with Crippen LogP contribution in [0.3, 0.4) is 0 Å². The first-order chi connectivity index (χ1) is 17.4. The van der Waals surface area contributed by atoms with E-state index in [0.717, 1.165) is 22.3 Å². The molecule has 0 aliphatic carbocycles. The number of nitrogens with one attached hydrogen (secondary N) is 1. The first-order valence-electron chi connectivity index (χ1n) is 11.4. The van der Waals surface area contributed by atoms with Crippen molar-refractivity contribution in [3.63, 3.8) is 0 Å². The third-order valence-electron chi connectivity index (χ3n) is 5.61. The lowest BCUT2D eigenvalue weighted by Gasteiger charge is -2.09. The number of allylic oxidation sites excluding steroid dienone is 1.